The Labute approximate surface area is 126 Å². The summed E-state index contributed by atoms with van der Waals surface area (Å²) in [5.41, 5.74) is -0.835. The molecule has 0 fully saturated rings. The molecule has 1 aliphatic carbocycles. The van der Waals surface area contributed by atoms with E-state index in [1.165, 1.54) is 12.2 Å². The van der Waals surface area contributed by atoms with Gasteiger partial charge in [-0.25, -0.2) is 0 Å². The normalized spacial score (nSPS) is 13.9. The molecule has 0 radical (unpaired) electrons. The minimum atomic E-state index is -4.41. The van der Waals surface area contributed by atoms with Crippen molar-refractivity contribution in [3.05, 3.63) is 59.8 Å². The first-order valence-electron chi connectivity index (χ1n) is 6.01. The second-order valence-corrected chi connectivity index (χ2v) is 4.03. The summed E-state index contributed by atoms with van der Waals surface area (Å²) in [7, 11) is 0. The van der Waals surface area contributed by atoms with Gasteiger partial charge in [0, 0.05) is 6.54 Å². The molecule has 1 aliphatic rings. The monoisotopic (exact) mass is 319 g/mol. The second-order valence-electron chi connectivity index (χ2n) is 4.03. The fourth-order valence-corrected chi connectivity index (χ4v) is 1.56. The number of furan rings is 1. The van der Waals surface area contributed by atoms with Crippen LogP contribution in [0.4, 0.5) is 13.2 Å². The predicted molar refractivity (Wildman–Crippen MR) is 66.4 cm³/mol. The highest BCUT2D eigenvalue weighted by atomic mass is 35.5. The maximum atomic E-state index is 12.5. The molecule has 21 heavy (non-hydrogen) atoms. The number of nitrogens with one attached hydrogen (secondary N) is 1. The van der Waals surface area contributed by atoms with Gasteiger partial charge in [0.1, 0.15) is 18.4 Å². The van der Waals surface area contributed by atoms with Crippen molar-refractivity contribution in [2.75, 3.05) is 13.2 Å². The summed E-state index contributed by atoms with van der Waals surface area (Å²) in [5, 5.41) is 3.05. The summed E-state index contributed by atoms with van der Waals surface area (Å²) in [6, 6.07) is 3.61. The van der Waals surface area contributed by atoms with E-state index < -0.39 is 11.7 Å². The summed E-state index contributed by atoms with van der Waals surface area (Å²) in [5.74, 6) is 0.871. The average molecular weight is 320 g/mol. The smallest absolute Gasteiger partial charge is 0.450 e. The van der Waals surface area contributed by atoms with Gasteiger partial charge in [-0.15, -0.1) is 0 Å². The first-order valence-corrected chi connectivity index (χ1v) is 6.01. The van der Waals surface area contributed by atoms with Crippen molar-refractivity contribution in [2.45, 2.75) is 12.7 Å². The number of hydrogen-bond acceptors (Lipinski definition) is 3. The van der Waals surface area contributed by atoms with E-state index in [4.69, 9.17) is 9.15 Å². The van der Waals surface area contributed by atoms with Crippen LogP contribution in [0.5, 0.6) is 0 Å². The van der Waals surface area contributed by atoms with Crippen molar-refractivity contribution in [1.29, 1.82) is 0 Å². The molecule has 0 amide bonds. The molecule has 1 N–H and O–H groups in total. The van der Waals surface area contributed by atoms with Crippen LogP contribution in [0.25, 0.3) is 0 Å². The minimum Gasteiger partial charge on any atom is -1.00 e. The molecule has 1 heterocycles. The molecule has 0 unspecified atom stereocenters. The Morgan fingerprint density at radius 2 is 2.14 bits per heavy atom. The molecular formula is C14H13ClF3NO2. The summed E-state index contributed by atoms with van der Waals surface area (Å²) in [6.45, 7) is 1.28. The van der Waals surface area contributed by atoms with Gasteiger partial charge < -0.3 is 26.9 Å². The third kappa shape index (κ3) is 5.63. The maximum absolute atomic E-state index is 12.5. The lowest BCUT2D eigenvalue weighted by molar-refractivity contribution is -0.0890. The van der Waals surface area contributed by atoms with Gasteiger partial charge in [0.2, 0.25) is 5.57 Å². The first kappa shape index (κ1) is 17.3. The van der Waals surface area contributed by atoms with Crippen molar-refractivity contribution in [3.8, 4) is 0 Å². The van der Waals surface area contributed by atoms with Crippen LogP contribution in [-0.2, 0) is 11.3 Å². The summed E-state index contributed by atoms with van der Waals surface area (Å²) in [6.07, 6.45) is 3.07. The summed E-state index contributed by atoms with van der Waals surface area (Å²) in [4.78, 5) is 0. The van der Waals surface area contributed by atoms with E-state index in [0.29, 0.717) is 13.1 Å². The topological polar surface area (TPSA) is 34.4 Å². The van der Waals surface area contributed by atoms with Gasteiger partial charge >= 0.3 is 6.18 Å². The van der Waals surface area contributed by atoms with Crippen LogP contribution < -0.4 is 17.7 Å². The lowest BCUT2D eigenvalue weighted by atomic mass is 10.1. The molecule has 0 saturated carbocycles. The molecule has 0 spiro atoms. The molecule has 0 atom stereocenters. The highest BCUT2D eigenvalue weighted by molar-refractivity contribution is 5.34. The largest absolute Gasteiger partial charge is 1.00 e. The van der Waals surface area contributed by atoms with Gasteiger partial charge in [0.25, 0.3) is 5.76 Å². The molecule has 0 saturated heterocycles. The van der Waals surface area contributed by atoms with Gasteiger partial charge in [-0.05, 0) is 12.1 Å². The Hall–Kier alpha value is -1.75. The van der Waals surface area contributed by atoms with Crippen molar-refractivity contribution >= 4 is 0 Å². The standard InChI is InChI=1S/C14H13F3NO2.ClH/c15-14(16,17)11-3-1-4-12(9-11)20-8-6-18-10-13-5-2-7-19-13;/h1-5,7,18H,6,8,10H2;1H/q+1;/p-1. The van der Waals surface area contributed by atoms with E-state index >= 15 is 0 Å². The van der Waals surface area contributed by atoms with Gasteiger partial charge in [-0.1, -0.05) is 0 Å². The summed E-state index contributed by atoms with van der Waals surface area (Å²) < 4.78 is 47.7. The third-order valence-corrected chi connectivity index (χ3v) is 2.49. The average Bonchev–Trinajstić information content (AvgIpc) is 2.91. The Morgan fingerprint density at radius 1 is 1.33 bits per heavy atom. The quantitative estimate of drug-likeness (QED) is 0.598. The van der Waals surface area contributed by atoms with Gasteiger partial charge in [-0.3, -0.25) is 0 Å². The van der Waals surface area contributed by atoms with Crippen LogP contribution in [0.3, 0.4) is 0 Å². The molecule has 114 valence electrons. The van der Waals surface area contributed by atoms with Crippen LogP contribution in [0, 0.1) is 6.08 Å². The van der Waals surface area contributed by atoms with Crippen molar-refractivity contribution in [1.82, 2.24) is 5.32 Å². The SMILES string of the molecule is FC(F)(F)C1=[C+]C(OCCNCc2ccco2)=CC=C1.[Cl-]. The van der Waals surface area contributed by atoms with Gasteiger partial charge in [0.15, 0.2) is 0 Å². The van der Waals surface area contributed by atoms with Crippen LogP contribution in [0.2, 0.25) is 0 Å². The van der Waals surface area contributed by atoms with E-state index in [1.807, 2.05) is 6.07 Å². The molecule has 2 rings (SSSR count). The summed E-state index contributed by atoms with van der Waals surface area (Å²) >= 11 is 0. The zero-order chi connectivity index (χ0) is 14.4. The predicted octanol–water partition coefficient (Wildman–Crippen LogP) is 0.135. The molecule has 0 aliphatic heterocycles. The van der Waals surface area contributed by atoms with Crippen molar-refractivity contribution in [2.24, 2.45) is 0 Å². The molecule has 7 heteroatoms. The third-order valence-electron chi connectivity index (χ3n) is 2.49. The van der Waals surface area contributed by atoms with E-state index in [9.17, 15) is 13.2 Å². The Bertz CT molecular complexity index is 519. The Balaban J connectivity index is 0.00000220. The minimum absolute atomic E-state index is 0. The van der Waals surface area contributed by atoms with Crippen LogP contribution in [0.1, 0.15) is 5.76 Å². The van der Waals surface area contributed by atoms with Crippen LogP contribution in [-0.4, -0.2) is 19.3 Å². The van der Waals surface area contributed by atoms with E-state index in [2.05, 4.69) is 11.4 Å². The molecule has 0 aromatic carbocycles. The zero-order valence-corrected chi connectivity index (χ0v) is 11.7. The van der Waals surface area contributed by atoms with Gasteiger partial charge in [0.05, 0.1) is 31.0 Å². The highest BCUT2D eigenvalue weighted by Gasteiger charge is 2.39. The zero-order valence-electron chi connectivity index (χ0n) is 10.9. The second kappa shape index (κ2) is 7.88. The lowest BCUT2D eigenvalue weighted by Gasteiger charge is -2.06. The molecule has 3 nitrogen and oxygen atoms in total. The number of hydrogen-bond donors (Lipinski definition) is 1. The fraction of sp³-hybridized carbons (Fsp3) is 0.286. The van der Waals surface area contributed by atoms with Crippen molar-refractivity contribution < 1.29 is 34.7 Å². The lowest BCUT2D eigenvalue weighted by Crippen LogP contribution is -3.00. The number of ether oxygens (including phenoxy) is 1. The number of rotatable bonds is 6. The van der Waals surface area contributed by atoms with Crippen molar-refractivity contribution in [3.63, 3.8) is 0 Å². The number of allylic oxidation sites excluding steroid dienone is 5. The Kier molecular flexibility index (Phi) is 6.49. The van der Waals surface area contributed by atoms with E-state index in [0.717, 1.165) is 11.8 Å². The van der Waals surface area contributed by atoms with E-state index in [-0.39, 0.29) is 24.8 Å². The Morgan fingerprint density at radius 3 is 2.81 bits per heavy atom. The number of alkyl halides is 3. The fourth-order valence-electron chi connectivity index (χ4n) is 1.56. The molecule has 0 bridgehead atoms. The van der Waals surface area contributed by atoms with E-state index in [1.54, 1.807) is 12.3 Å². The molecule has 1 aromatic heterocycles. The molecular weight excluding hydrogens is 307 g/mol. The highest BCUT2D eigenvalue weighted by Crippen LogP contribution is 2.29. The first-order chi connectivity index (χ1) is 9.55. The van der Waals surface area contributed by atoms with Crippen LogP contribution >= 0.6 is 0 Å². The van der Waals surface area contributed by atoms with Crippen LogP contribution in [0.15, 0.2) is 52.4 Å². The van der Waals surface area contributed by atoms with Gasteiger partial charge in [-0.2, -0.15) is 13.2 Å². The maximum Gasteiger partial charge on any atom is 0.450 e. The molecule has 1 aromatic rings. The number of halogens is 4.